The summed E-state index contributed by atoms with van der Waals surface area (Å²) < 4.78 is 5.67. The summed E-state index contributed by atoms with van der Waals surface area (Å²) in [6.45, 7) is 0.919. The van der Waals surface area contributed by atoms with E-state index in [0.717, 1.165) is 35.0 Å². The Morgan fingerprint density at radius 1 is 1.11 bits per heavy atom. The van der Waals surface area contributed by atoms with Gasteiger partial charge < -0.3 is 20.4 Å². The first kappa shape index (κ1) is 24.0. The molecule has 3 N–H and O–H groups in total. The van der Waals surface area contributed by atoms with Crippen LogP contribution in [0.1, 0.15) is 11.1 Å². The predicted octanol–water partition coefficient (Wildman–Crippen LogP) is 3.59. The molecule has 0 radical (unpaired) electrons. The SMILES string of the molecule is CN(C)CCc1c[nH]c2cccc(OC(=O)[C@@H](N)Cc3ccccc3)c12.Cl.Cl. The summed E-state index contributed by atoms with van der Waals surface area (Å²) in [5.41, 5.74) is 9.17. The largest absolute Gasteiger partial charge is 0.425 e. The lowest BCUT2D eigenvalue weighted by atomic mass is 10.1. The topological polar surface area (TPSA) is 71.3 Å². The fraction of sp³-hybridized carbons (Fsp3) is 0.286. The molecule has 0 aliphatic rings. The molecule has 1 aromatic heterocycles. The zero-order chi connectivity index (χ0) is 18.5. The number of carbonyl (C=O) groups excluding carboxylic acids is 1. The zero-order valence-corrected chi connectivity index (χ0v) is 17.7. The molecule has 1 heterocycles. The predicted molar refractivity (Wildman–Crippen MR) is 119 cm³/mol. The van der Waals surface area contributed by atoms with Crippen molar-refractivity contribution < 1.29 is 9.53 Å². The van der Waals surface area contributed by atoms with Crippen LogP contribution in [-0.4, -0.2) is 42.5 Å². The molecule has 0 spiro atoms. The minimum atomic E-state index is -0.697. The molecule has 7 heteroatoms. The smallest absolute Gasteiger partial charge is 0.328 e. The number of benzene rings is 2. The maximum Gasteiger partial charge on any atom is 0.328 e. The van der Waals surface area contributed by atoms with Crippen molar-refractivity contribution in [1.82, 2.24) is 9.88 Å². The third-order valence-electron chi connectivity index (χ3n) is 4.39. The van der Waals surface area contributed by atoms with Gasteiger partial charge in [-0.05, 0) is 50.2 Å². The van der Waals surface area contributed by atoms with Crippen LogP contribution in [0.25, 0.3) is 10.9 Å². The van der Waals surface area contributed by atoms with E-state index < -0.39 is 12.0 Å². The van der Waals surface area contributed by atoms with Gasteiger partial charge in [-0.25, -0.2) is 4.79 Å². The molecular weight excluding hydrogens is 397 g/mol. The van der Waals surface area contributed by atoms with Crippen LogP contribution in [0.4, 0.5) is 0 Å². The molecule has 2 aromatic carbocycles. The lowest BCUT2D eigenvalue weighted by Crippen LogP contribution is -2.36. The first-order chi connectivity index (χ1) is 12.5. The Labute approximate surface area is 178 Å². The summed E-state index contributed by atoms with van der Waals surface area (Å²) in [6.07, 6.45) is 3.31. The zero-order valence-electron chi connectivity index (χ0n) is 16.1. The number of ether oxygens (including phenoxy) is 1. The van der Waals surface area contributed by atoms with Gasteiger partial charge >= 0.3 is 5.97 Å². The molecular formula is C21H27Cl2N3O2. The van der Waals surface area contributed by atoms with Crippen LogP contribution in [0, 0.1) is 0 Å². The van der Waals surface area contributed by atoms with Gasteiger partial charge in [-0.15, -0.1) is 24.8 Å². The van der Waals surface area contributed by atoms with E-state index in [0.29, 0.717) is 12.2 Å². The quantitative estimate of drug-likeness (QED) is 0.449. The third kappa shape index (κ3) is 5.97. The van der Waals surface area contributed by atoms with E-state index in [1.807, 2.05) is 68.8 Å². The van der Waals surface area contributed by atoms with Crippen LogP contribution in [0.2, 0.25) is 0 Å². The monoisotopic (exact) mass is 423 g/mol. The van der Waals surface area contributed by atoms with E-state index in [2.05, 4.69) is 9.88 Å². The van der Waals surface area contributed by atoms with Crippen molar-refractivity contribution in [3.05, 3.63) is 65.9 Å². The summed E-state index contributed by atoms with van der Waals surface area (Å²) in [7, 11) is 4.08. The van der Waals surface area contributed by atoms with E-state index in [1.165, 1.54) is 0 Å². The van der Waals surface area contributed by atoms with Gasteiger partial charge in [-0.2, -0.15) is 0 Å². The highest BCUT2D eigenvalue weighted by Gasteiger charge is 2.19. The van der Waals surface area contributed by atoms with Crippen molar-refractivity contribution >= 4 is 41.7 Å². The van der Waals surface area contributed by atoms with Gasteiger partial charge in [0.15, 0.2) is 0 Å². The second-order valence-corrected chi connectivity index (χ2v) is 6.76. The van der Waals surface area contributed by atoms with E-state index in [1.54, 1.807) is 0 Å². The molecule has 3 aromatic rings. The number of nitrogens with zero attached hydrogens (tertiary/aromatic N) is 1. The number of likely N-dealkylation sites (N-methyl/N-ethyl adjacent to an activating group) is 1. The fourth-order valence-corrected chi connectivity index (χ4v) is 2.98. The lowest BCUT2D eigenvalue weighted by Gasteiger charge is -2.13. The van der Waals surface area contributed by atoms with Gasteiger partial charge in [0.25, 0.3) is 0 Å². The molecule has 0 aliphatic carbocycles. The maximum absolute atomic E-state index is 12.5. The van der Waals surface area contributed by atoms with Crippen LogP contribution < -0.4 is 10.5 Å². The molecule has 0 saturated heterocycles. The van der Waals surface area contributed by atoms with Crippen molar-refractivity contribution in [3.63, 3.8) is 0 Å². The summed E-state index contributed by atoms with van der Waals surface area (Å²) in [5.74, 6) is 0.145. The van der Waals surface area contributed by atoms with E-state index >= 15 is 0 Å². The molecule has 0 amide bonds. The van der Waals surface area contributed by atoms with Gasteiger partial charge in [0.2, 0.25) is 0 Å². The highest BCUT2D eigenvalue weighted by molar-refractivity contribution is 5.92. The average Bonchev–Trinajstić information content (AvgIpc) is 3.05. The number of nitrogens with two attached hydrogens (primary N) is 1. The Balaban J connectivity index is 0.00000196. The van der Waals surface area contributed by atoms with Gasteiger partial charge in [0.1, 0.15) is 11.8 Å². The van der Waals surface area contributed by atoms with Crippen LogP contribution in [0.5, 0.6) is 5.75 Å². The Morgan fingerprint density at radius 2 is 1.82 bits per heavy atom. The van der Waals surface area contributed by atoms with Crippen LogP contribution >= 0.6 is 24.8 Å². The number of carbonyl (C=O) groups is 1. The highest BCUT2D eigenvalue weighted by Crippen LogP contribution is 2.29. The van der Waals surface area contributed by atoms with E-state index in [4.69, 9.17) is 10.5 Å². The number of rotatable bonds is 7. The van der Waals surface area contributed by atoms with Gasteiger partial charge in [0.05, 0.1) is 0 Å². The molecule has 0 unspecified atom stereocenters. The Hall–Kier alpha value is -2.05. The van der Waals surface area contributed by atoms with Crippen molar-refractivity contribution in [1.29, 1.82) is 0 Å². The molecule has 0 fully saturated rings. The Kier molecular flexibility index (Phi) is 9.49. The first-order valence-corrected chi connectivity index (χ1v) is 8.79. The summed E-state index contributed by atoms with van der Waals surface area (Å²) >= 11 is 0. The number of halogens is 2. The summed E-state index contributed by atoms with van der Waals surface area (Å²) in [5, 5.41) is 0.953. The molecule has 1 atom stereocenters. The van der Waals surface area contributed by atoms with E-state index in [-0.39, 0.29) is 24.8 Å². The highest BCUT2D eigenvalue weighted by atomic mass is 35.5. The average molecular weight is 424 g/mol. The number of hydrogen-bond acceptors (Lipinski definition) is 4. The molecule has 152 valence electrons. The minimum Gasteiger partial charge on any atom is -0.425 e. The van der Waals surface area contributed by atoms with Gasteiger partial charge in [0, 0.05) is 23.6 Å². The molecule has 28 heavy (non-hydrogen) atoms. The normalized spacial score (nSPS) is 11.6. The minimum absolute atomic E-state index is 0. The number of aromatic nitrogens is 1. The van der Waals surface area contributed by atoms with Crippen LogP contribution in [0.3, 0.4) is 0 Å². The van der Waals surface area contributed by atoms with Crippen LogP contribution in [0.15, 0.2) is 54.7 Å². The summed E-state index contributed by atoms with van der Waals surface area (Å²) in [4.78, 5) is 17.9. The Morgan fingerprint density at radius 3 is 2.50 bits per heavy atom. The van der Waals surface area contributed by atoms with Crippen LogP contribution in [-0.2, 0) is 17.6 Å². The number of esters is 1. The van der Waals surface area contributed by atoms with Crippen molar-refractivity contribution in [3.8, 4) is 5.75 Å². The second-order valence-electron chi connectivity index (χ2n) is 6.76. The molecule has 0 bridgehead atoms. The van der Waals surface area contributed by atoms with Crippen molar-refractivity contribution in [2.24, 2.45) is 5.73 Å². The van der Waals surface area contributed by atoms with Gasteiger partial charge in [-0.1, -0.05) is 36.4 Å². The number of H-pyrrole nitrogens is 1. The summed E-state index contributed by atoms with van der Waals surface area (Å²) in [6, 6.07) is 14.7. The molecule has 0 saturated carbocycles. The molecule has 5 nitrogen and oxygen atoms in total. The standard InChI is InChI=1S/C21H25N3O2.2ClH/c1-24(2)12-11-16-14-23-18-9-6-10-19(20(16)18)26-21(25)17(22)13-15-7-4-3-5-8-15;;/h3-10,14,17,23H,11-13,22H2,1-2H3;2*1H/t17-;;/m0../s1. The number of aromatic amines is 1. The second kappa shape index (κ2) is 11.1. The molecule has 0 aliphatic heterocycles. The lowest BCUT2D eigenvalue weighted by molar-refractivity contribution is -0.135. The van der Waals surface area contributed by atoms with Crippen molar-refractivity contribution in [2.45, 2.75) is 18.9 Å². The first-order valence-electron chi connectivity index (χ1n) is 8.79. The Bertz CT molecular complexity index is 882. The van der Waals surface area contributed by atoms with Crippen molar-refractivity contribution in [2.75, 3.05) is 20.6 Å². The number of fused-ring (bicyclic) bond motifs is 1. The maximum atomic E-state index is 12.5. The number of hydrogen-bond donors (Lipinski definition) is 2. The fourth-order valence-electron chi connectivity index (χ4n) is 2.98. The van der Waals surface area contributed by atoms with E-state index in [9.17, 15) is 4.79 Å². The molecule has 3 rings (SSSR count). The number of nitrogens with one attached hydrogen (secondary N) is 1. The third-order valence-corrected chi connectivity index (χ3v) is 4.39. The van der Waals surface area contributed by atoms with Gasteiger partial charge in [-0.3, -0.25) is 0 Å².